The zero-order chi connectivity index (χ0) is 16.5. The SMILES string of the molecule is COc1ncccc1-c1nccn1-c1ccc2c(c1)C(=O)NCC2. The molecule has 3 aromatic rings. The van der Waals surface area contributed by atoms with Crippen LogP contribution in [0.1, 0.15) is 15.9 Å². The van der Waals surface area contributed by atoms with Crippen molar-refractivity contribution in [2.75, 3.05) is 13.7 Å². The summed E-state index contributed by atoms with van der Waals surface area (Å²) in [6, 6.07) is 9.67. The summed E-state index contributed by atoms with van der Waals surface area (Å²) in [5.74, 6) is 1.20. The van der Waals surface area contributed by atoms with Gasteiger partial charge in [-0.3, -0.25) is 9.36 Å². The van der Waals surface area contributed by atoms with Crippen molar-refractivity contribution in [3.8, 4) is 23.0 Å². The van der Waals surface area contributed by atoms with E-state index in [1.807, 2.05) is 41.1 Å². The van der Waals surface area contributed by atoms with Crippen LogP contribution >= 0.6 is 0 Å². The molecule has 4 rings (SSSR count). The Morgan fingerprint density at radius 1 is 1.17 bits per heavy atom. The summed E-state index contributed by atoms with van der Waals surface area (Å²) in [5.41, 5.74) is 3.47. The van der Waals surface area contributed by atoms with Crippen LogP contribution in [0.3, 0.4) is 0 Å². The van der Waals surface area contributed by atoms with Gasteiger partial charge >= 0.3 is 0 Å². The van der Waals surface area contributed by atoms with Crippen molar-refractivity contribution in [2.24, 2.45) is 0 Å². The van der Waals surface area contributed by atoms with Crippen LogP contribution in [0.5, 0.6) is 5.88 Å². The zero-order valence-electron chi connectivity index (χ0n) is 13.2. The molecule has 1 N–H and O–H groups in total. The average Bonchev–Trinajstić information content (AvgIpc) is 3.11. The maximum Gasteiger partial charge on any atom is 0.251 e. The number of fused-ring (bicyclic) bond motifs is 1. The van der Waals surface area contributed by atoms with E-state index >= 15 is 0 Å². The van der Waals surface area contributed by atoms with Crippen molar-refractivity contribution >= 4 is 5.91 Å². The molecule has 0 saturated carbocycles. The lowest BCUT2D eigenvalue weighted by atomic mass is 9.99. The van der Waals surface area contributed by atoms with Gasteiger partial charge in [0, 0.05) is 36.4 Å². The lowest BCUT2D eigenvalue weighted by Crippen LogP contribution is -2.31. The number of benzene rings is 1. The molecular weight excluding hydrogens is 304 g/mol. The molecule has 24 heavy (non-hydrogen) atoms. The fraction of sp³-hybridized carbons (Fsp3) is 0.167. The molecule has 0 saturated heterocycles. The Morgan fingerprint density at radius 2 is 2.08 bits per heavy atom. The fourth-order valence-corrected chi connectivity index (χ4v) is 2.98. The van der Waals surface area contributed by atoms with Crippen LogP contribution in [0.15, 0.2) is 48.9 Å². The van der Waals surface area contributed by atoms with Crippen molar-refractivity contribution in [1.29, 1.82) is 0 Å². The molecule has 0 atom stereocenters. The van der Waals surface area contributed by atoms with Gasteiger partial charge in [0.2, 0.25) is 5.88 Å². The van der Waals surface area contributed by atoms with E-state index in [1.54, 1.807) is 19.5 Å². The number of rotatable bonds is 3. The third-order valence-corrected chi connectivity index (χ3v) is 4.14. The lowest BCUT2D eigenvalue weighted by Gasteiger charge is -2.18. The van der Waals surface area contributed by atoms with Crippen LogP contribution in [-0.4, -0.2) is 34.1 Å². The number of aromatic nitrogens is 3. The predicted molar refractivity (Wildman–Crippen MR) is 89.4 cm³/mol. The number of methoxy groups -OCH3 is 1. The topological polar surface area (TPSA) is 69.0 Å². The molecule has 2 aromatic heterocycles. The van der Waals surface area contributed by atoms with Gasteiger partial charge in [-0.25, -0.2) is 9.97 Å². The van der Waals surface area contributed by atoms with Gasteiger partial charge in [-0.2, -0.15) is 0 Å². The number of ether oxygens (including phenoxy) is 1. The average molecular weight is 320 g/mol. The quantitative estimate of drug-likeness (QED) is 0.803. The molecule has 1 aliphatic heterocycles. The van der Waals surface area contributed by atoms with Gasteiger partial charge in [0.05, 0.1) is 12.7 Å². The number of pyridine rings is 1. The van der Waals surface area contributed by atoms with Crippen LogP contribution in [0.4, 0.5) is 0 Å². The van der Waals surface area contributed by atoms with Gasteiger partial charge in [0.25, 0.3) is 5.91 Å². The summed E-state index contributed by atoms with van der Waals surface area (Å²) in [5, 5.41) is 2.88. The summed E-state index contributed by atoms with van der Waals surface area (Å²) < 4.78 is 7.27. The zero-order valence-corrected chi connectivity index (χ0v) is 13.2. The number of imidazole rings is 1. The number of nitrogens with zero attached hydrogens (tertiary/aromatic N) is 3. The van der Waals surface area contributed by atoms with Gasteiger partial charge in [-0.05, 0) is 36.2 Å². The van der Waals surface area contributed by atoms with Crippen molar-refractivity contribution in [3.05, 3.63) is 60.0 Å². The van der Waals surface area contributed by atoms with E-state index in [0.717, 1.165) is 34.6 Å². The summed E-state index contributed by atoms with van der Waals surface area (Å²) >= 11 is 0. The molecule has 0 fully saturated rings. The Labute approximate surface area is 139 Å². The second kappa shape index (κ2) is 5.81. The minimum absolute atomic E-state index is 0.0290. The van der Waals surface area contributed by atoms with E-state index < -0.39 is 0 Å². The Balaban J connectivity index is 1.84. The highest BCUT2D eigenvalue weighted by Crippen LogP contribution is 2.29. The Kier molecular flexibility index (Phi) is 3.49. The number of nitrogens with one attached hydrogen (secondary N) is 1. The molecule has 0 radical (unpaired) electrons. The highest BCUT2D eigenvalue weighted by Gasteiger charge is 2.19. The lowest BCUT2D eigenvalue weighted by molar-refractivity contribution is 0.0946. The molecule has 0 bridgehead atoms. The number of amides is 1. The fourth-order valence-electron chi connectivity index (χ4n) is 2.98. The van der Waals surface area contributed by atoms with Crippen LogP contribution < -0.4 is 10.1 Å². The first kappa shape index (κ1) is 14.4. The second-order valence-electron chi connectivity index (χ2n) is 5.53. The molecular formula is C18H16N4O2. The molecule has 3 heterocycles. The molecule has 120 valence electrons. The summed E-state index contributed by atoms with van der Waals surface area (Å²) in [6.45, 7) is 0.689. The van der Waals surface area contributed by atoms with Gasteiger partial charge in [-0.15, -0.1) is 0 Å². The minimum atomic E-state index is -0.0290. The molecule has 1 aromatic carbocycles. The maximum atomic E-state index is 12.1. The predicted octanol–water partition coefficient (Wildman–Crippen LogP) is 2.23. The van der Waals surface area contributed by atoms with E-state index in [1.165, 1.54) is 0 Å². The minimum Gasteiger partial charge on any atom is -0.480 e. The van der Waals surface area contributed by atoms with Crippen LogP contribution in [-0.2, 0) is 6.42 Å². The molecule has 0 unspecified atom stereocenters. The van der Waals surface area contributed by atoms with E-state index in [9.17, 15) is 4.79 Å². The molecule has 6 nitrogen and oxygen atoms in total. The highest BCUT2D eigenvalue weighted by molar-refractivity contribution is 5.97. The summed E-state index contributed by atoms with van der Waals surface area (Å²) in [7, 11) is 1.59. The number of carbonyl (C=O) groups is 1. The summed E-state index contributed by atoms with van der Waals surface area (Å²) in [6.07, 6.45) is 6.12. The second-order valence-corrected chi connectivity index (χ2v) is 5.53. The van der Waals surface area contributed by atoms with Crippen LogP contribution in [0, 0.1) is 0 Å². The van der Waals surface area contributed by atoms with E-state index in [2.05, 4.69) is 15.3 Å². The van der Waals surface area contributed by atoms with E-state index in [4.69, 9.17) is 4.74 Å². The molecule has 1 amide bonds. The van der Waals surface area contributed by atoms with Crippen molar-refractivity contribution in [2.45, 2.75) is 6.42 Å². The number of hydrogen-bond acceptors (Lipinski definition) is 4. The molecule has 6 heteroatoms. The van der Waals surface area contributed by atoms with E-state index in [0.29, 0.717) is 12.4 Å². The molecule has 1 aliphatic rings. The van der Waals surface area contributed by atoms with Crippen LogP contribution in [0.25, 0.3) is 17.1 Å². The van der Waals surface area contributed by atoms with Gasteiger partial charge in [0.1, 0.15) is 5.82 Å². The van der Waals surface area contributed by atoms with Gasteiger partial charge < -0.3 is 10.1 Å². The maximum absolute atomic E-state index is 12.1. The Morgan fingerprint density at radius 3 is 2.96 bits per heavy atom. The largest absolute Gasteiger partial charge is 0.480 e. The molecule has 0 aliphatic carbocycles. The number of carbonyl (C=O) groups excluding carboxylic acids is 1. The molecule has 0 spiro atoms. The smallest absolute Gasteiger partial charge is 0.251 e. The van der Waals surface area contributed by atoms with Crippen molar-refractivity contribution in [3.63, 3.8) is 0 Å². The van der Waals surface area contributed by atoms with Gasteiger partial charge in [0.15, 0.2) is 0 Å². The Bertz CT molecular complexity index is 917. The summed E-state index contributed by atoms with van der Waals surface area (Å²) in [4.78, 5) is 20.8. The van der Waals surface area contributed by atoms with Crippen molar-refractivity contribution in [1.82, 2.24) is 19.9 Å². The standard InChI is InChI=1S/C18H16N4O2/c1-24-18-14(3-2-7-21-18)16-19-9-10-22(16)13-5-4-12-6-8-20-17(23)15(12)11-13/h2-5,7,9-11H,6,8H2,1H3,(H,20,23). The van der Waals surface area contributed by atoms with Gasteiger partial charge in [-0.1, -0.05) is 6.07 Å². The Hall–Kier alpha value is -3.15. The first-order valence-electron chi connectivity index (χ1n) is 7.72. The number of hydrogen-bond donors (Lipinski definition) is 1. The first-order valence-corrected chi connectivity index (χ1v) is 7.72. The first-order chi connectivity index (χ1) is 11.8. The third kappa shape index (κ3) is 2.32. The van der Waals surface area contributed by atoms with Crippen molar-refractivity contribution < 1.29 is 9.53 Å². The third-order valence-electron chi connectivity index (χ3n) is 4.14. The van der Waals surface area contributed by atoms with E-state index in [-0.39, 0.29) is 5.91 Å². The normalized spacial score (nSPS) is 13.3. The highest BCUT2D eigenvalue weighted by atomic mass is 16.5. The monoisotopic (exact) mass is 320 g/mol. The van der Waals surface area contributed by atoms with Crippen LogP contribution in [0.2, 0.25) is 0 Å².